The van der Waals surface area contributed by atoms with Gasteiger partial charge < -0.3 is 15.7 Å². The number of halogens is 2. The van der Waals surface area contributed by atoms with Gasteiger partial charge in [-0.1, -0.05) is 28.4 Å². The van der Waals surface area contributed by atoms with Crippen molar-refractivity contribution in [3.63, 3.8) is 0 Å². The Balaban J connectivity index is 2.09. The fourth-order valence-corrected chi connectivity index (χ4v) is 1.78. The van der Waals surface area contributed by atoms with E-state index in [9.17, 15) is 0 Å². The number of nitrogens with two attached hydrogens (primary N) is 1. The van der Waals surface area contributed by atoms with Crippen LogP contribution in [0.15, 0.2) is 41.7 Å². The Hall–Kier alpha value is -1.98. The summed E-state index contributed by atoms with van der Waals surface area (Å²) < 4.78 is 5.58. The van der Waals surface area contributed by atoms with Crippen molar-refractivity contribution >= 4 is 29.0 Å². The van der Waals surface area contributed by atoms with Gasteiger partial charge in [0.2, 0.25) is 0 Å². The summed E-state index contributed by atoms with van der Waals surface area (Å²) >= 11 is 11.7. The van der Waals surface area contributed by atoms with E-state index in [1.54, 1.807) is 36.5 Å². The van der Waals surface area contributed by atoms with E-state index in [1.807, 2.05) is 0 Å². The molecule has 5 nitrogen and oxygen atoms in total. The zero-order valence-corrected chi connectivity index (χ0v) is 11.8. The van der Waals surface area contributed by atoms with Crippen LogP contribution in [0.2, 0.25) is 10.0 Å². The Morgan fingerprint density at radius 1 is 1.25 bits per heavy atom. The topological polar surface area (TPSA) is 80.7 Å². The summed E-state index contributed by atoms with van der Waals surface area (Å²) in [6, 6.07) is 8.46. The SMILES string of the molecule is NC(=NO)c1cc(COc2ccc(Cl)c(Cl)c2)ccn1. The predicted molar refractivity (Wildman–Crippen MR) is 77.5 cm³/mol. The molecule has 1 heterocycles. The van der Waals surface area contributed by atoms with Gasteiger partial charge in [-0.3, -0.25) is 4.98 Å². The maximum absolute atomic E-state index is 8.61. The van der Waals surface area contributed by atoms with Gasteiger partial charge in [0.05, 0.1) is 10.0 Å². The lowest BCUT2D eigenvalue weighted by atomic mass is 10.2. The van der Waals surface area contributed by atoms with E-state index < -0.39 is 0 Å². The van der Waals surface area contributed by atoms with Crippen molar-refractivity contribution in [1.82, 2.24) is 4.98 Å². The Morgan fingerprint density at radius 2 is 2.05 bits per heavy atom. The monoisotopic (exact) mass is 311 g/mol. The van der Waals surface area contributed by atoms with E-state index >= 15 is 0 Å². The highest BCUT2D eigenvalue weighted by Gasteiger charge is 2.04. The van der Waals surface area contributed by atoms with E-state index in [-0.39, 0.29) is 5.84 Å². The van der Waals surface area contributed by atoms with Gasteiger partial charge >= 0.3 is 0 Å². The van der Waals surface area contributed by atoms with Crippen LogP contribution in [0.3, 0.4) is 0 Å². The minimum Gasteiger partial charge on any atom is -0.489 e. The highest BCUT2D eigenvalue weighted by atomic mass is 35.5. The summed E-state index contributed by atoms with van der Waals surface area (Å²) in [5.74, 6) is 0.544. The smallest absolute Gasteiger partial charge is 0.188 e. The summed E-state index contributed by atoms with van der Waals surface area (Å²) in [6.07, 6.45) is 1.56. The molecule has 2 rings (SSSR count). The third-order valence-corrected chi connectivity index (χ3v) is 3.23. The largest absolute Gasteiger partial charge is 0.489 e. The molecule has 0 fully saturated rings. The molecule has 2 aromatic rings. The maximum Gasteiger partial charge on any atom is 0.188 e. The number of ether oxygens (including phenoxy) is 1. The van der Waals surface area contributed by atoms with Crippen LogP contribution < -0.4 is 10.5 Å². The van der Waals surface area contributed by atoms with Gasteiger partial charge in [0.1, 0.15) is 18.1 Å². The number of rotatable bonds is 4. The van der Waals surface area contributed by atoms with E-state index in [0.29, 0.717) is 28.1 Å². The van der Waals surface area contributed by atoms with E-state index in [1.165, 1.54) is 0 Å². The van der Waals surface area contributed by atoms with E-state index in [4.69, 9.17) is 38.9 Å². The predicted octanol–water partition coefficient (Wildman–Crippen LogP) is 3.06. The molecule has 0 radical (unpaired) electrons. The molecule has 0 aliphatic carbocycles. The number of oxime groups is 1. The lowest BCUT2D eigenvalue weighted by Crippen LogP contribution is -2.15. The van der Waals surface area contributed by atoms with Crippen LogP contribution in [0, 0.1) is 0 Å². The van der Waals surface area contributed by atoms with Crippen LogP contribution in [0.1, 0.15) is 11.3 Å². The molecule has 0 aliphatic rings. The van der Waals surface area contributed by atoms with E-state index in [0.717, 1.165) is 5.56 Å². The minimum atomic E-state index is -0.0543. The number of nitrogens with zero attached hydrogens (tertiary/aromatic N) is 2. The normalized spacial score (nSPS) is 11.4. The number of amidine groups is 1. The molecule has 0 aliphatic heterocycles. The lowest BCUT2D eigenvalue weighted by molar-refractivity contribution is 0.306. The van der Waals surface area contributed by atoms with Gasteiger partial charge in [0.15, 0.2) is 5.84 Å². The molecule has 0 atom stereocenters. The summed E-state index contributed by atoms with van der Waals surface area (Å²) in [4.78, 5) is 3.98. The molecule has 104 valence electrons. The third kappa shape index (κ3) is 3.53. The highest BCUT2D eigenvalue weighted by Crippen LogP contribution is 2.26. The summed E-state index contributed by atoms with van der Waals surface area (Å²) in [6.45, 7) is 0.298. The maximum atomic E-state index is 8.61. The Labute approximate surface area is 125 Å². The standard InChI is InChI=1S/C13H11Cl2N3O2/c14-10-2-1-9(6-11(10)15)20-7-8-3-4-17-12(5-8)13(16)18-19/h1-6,19H,7H2,(H2,16,18). The van der Waals surface area contributed by atoms with Crippen molar-refractivity contribution in [2.45, 2.75) is 6.61 Å². The van der Waals surface area contributed by atoms with Crippen LogP contribution in [0.5, 0.6) is 5.75 Å². The van der Waals surface area contributed by atoms with Gasteiger partial charge in [-0.15, -0.1) is 0 Å². The van der Waals surface area contributed by atoms with Crippen molar-refractivity contribution in [1.29, 1.82) is 0 Å². The second-order valence-corrected chi connectivity index (χ2v) is 4.71. The van der Waals surface area contributed by atoms with Crippen molar-refractivity contribution in [2.24, 2.45) is 10.9 Å². The molecular weight excluding hydrogens is 301 g/mol. The van der Waals surface area contributed by atoms with Gasteiger partial charge in [-0.05, 0) is 29.8 Å². The molecule has 0 amide bonds. The molecule has 3 N–H and O–H groups in total. The zero-order chi connectivity index (χ0) is 14.5. The number of pyridine rings is 1. The summed E-state index contributed by atoms with van der Waals surface area (Å²) in [5.41, 5.74) is 6.68. The molecule has 20 heavy (non-hydrogen) atoms. The Kier molecular flexibility index (Phi) is 4.65. The fraction of sp³-hybridized carbons (Fsp3) is 0.0769. The lowest BCUT2D eigenvalue weighted by Gasteiger charge is -2.08. The van der Waals surface area contributed by atoms with Crippen molar-refractivity contribution in [3.05, 3.63) is 57.8 Å². The first-order valence-corrected chi connectivity index (χ1v) is 6.36. The number of benzene rings is 1. The first kappa shape index (κ1) is 14.4. The fourth-order valence-electron chi connectivity index (χ4n) is 1.49. The molecule has 0 saturated carbocycles. The van der Waals surface area contributed by atoms with Crippen LogP contribution in [-0.4, -0.2) is 16.0 Å². The van der Waals surface area contributed by atoms with Crippen LogP contribution in [0.4, 0.5) is 0 Å². The molecule has 0 saturated heterocycles. The minimum absolute atomic E-state index is 0.0543. The number of hydrogen-bond donors (Lipinski definition) is 2. The molecule has 1 aromatic heterocycles. The average Bonchev–Trinajstić information content (AvgIpc) is 2.48. The molecular formula is C13H11Cl2N3O2. The van der Waals surface area contributed by atoms with Crippen molar-refractivity contribution < 1.29 is 9.94 Å². The Morgan fingerprint density at radius 3 is 2.75 bits per heavy atom. The van der Waals surface area contributed by atoms with Gasteiger partial charge in [0, 0.05) is 12.3 Å². The van der Waals surface area contributed by atoms with Gasteiger partial charge in [-0.2, -0.15) is 0 Å². The molecule has 0 unspecified atom stereocenters. The molecule has 1 aromatic carbocycles. The second-order valence-electron chi connectivity index (χ2n) is 3.90. The van der Waals surface area contributed by atoms with Crippen molar-refractivity contribution in [2.75, 3.05) is 0 Å². The van der Waals surface area contributed by atoms with Gasteiger partial charge in [0.25, 0.3) is 0 Å². The highest BCUT2D eigenvalue weighted by molar-refractivity contribution is 6.42. The number of hydrogen-bond acceptors (Lipinski definition) is 4. The van der Waals surface area contributed by atoms with E-state index in [2.05, 4.69) is 10.1 Å². The number of aromatic nitrogens is 1. The van der Waals surface area contributed by atoms with Crippen LogP contribution in [0.25, 0.3) is 0 Å². The third-order valence-electron chi connectivity index (χ3n) is 2.49. The molecule has 0 spiro atoms. The van der Waals surface area contributed by atoms with Crippen molar-refractivity contribution in [3.8, 4) is 5.75 Å². The quantitative estimate of drug-likeness (QED) is 0.393. The van der Waals surface area contributed by atoms with Gasteiger partial charge in [-0.25, -0.2) is 0 Å². The Bertz CT molecular complexity index is 647. The first-order chi connectivity index (χ1) is 9.60. The average molecular weight is 312 g/mol. The summed E-state index contributed by atoms with van der Waals surface area (Å²) in [5, 5.41) is 12.4. The van der Waals surface area contributed by atoms with Crippen LogP contribution >= 0.6 is 23.2 Å². The second kappa shape index (κ2) is 6.45. The first-order valence-electron chi connectivity index (χ1n) is 5.61. The zero-order valence-electron chi connectivity index (χ0n) is 10.3. The van der Waals surface area contributed by atoms with Crippen LogP contribution in [-0.2, 0) is 6.61 Å². The molecule has 0 bridgehead atoms. The summed E-state index contributed by atoms with van der Waals surface area (Å²) in [7, 11) is 0. The molecule has 7 heteroatoms.